The van der Waals surface area contributed by atoms with E-state index in [0.29, 0.717) is 16.8 Å². The first-order valence-electron chi connectivity index (χ1n) is 10.8. The lowest BCUT2D eigenvalue weighted by Gasteiger charge is -2.25. The molecule has 1 aromatic heterocycles. The van der Waals surface area contributed by atoms with Gasteiger partial charge in [-0.3, -0.25) is 14.5 Å². The van der Waals surface area contributed by atoms with Crippen LogP contribution in [0.4, 0.5) is 10.1 Å². The normalized spacial score (nSPS) is 15.0. The Morgan fingerprint density at radius 2 is 1.74 bits per heavy atom. The van der Waals surface area contributed by atoms with E-state index < -0.39 is 29.2 Å². The summed E-state index contributed by atoms with van der Waals surface area (Å²) in [6.45, 7) is 2.03. The Hall–Kier alpha value is -4.26. The van der Waals surface area contributed by atoms with Gasteiger partial charge in [0.2, 0.25) is 5.76 Å². The highest BCUT2D eigenvalue weighted by atomic mass is 19.1. The number of amides is 1. The van der Waals surface area contributed by atoms with Crippen molar-refractivity contribution in [3.8, 4) is 0 Å². The van der Waals surface area contributed by atoms with Crippen LogP contribution in [-0.2, 0) is 11.2 Å². The number of hydrogen-bond acceptors (Lipinski definition) is 5. The van der Waals surface area contributed by atoms with Crippen molar-refractivity contribution in [3.05, 3.63) is 111 Å². The molecule has 0 aliphatic carbocycles. The number of hydrogen-bond donors (Lipinski definition) is 0. The highest BCUT2D eigenvalue weighted by Crippen LogP contribution is 2.41. The predicted octanol–water partition coefficient (Wildman–Crippen LogP) is 5.03. The van der Waals surface area contributed by atoms with Crippen LogP contribution in [0.3, 0.4) is 0 Å². The van der Waals surface area contributed by atoms with Crippen LogP contribution in [0.15, 0.2) is 75.9 Å². The molecule has 0 bridgehead atoms. The number of carbonyl (C=O) groups excluding carboxylic acids is 2. The third-order valence-electron chi connectivity index (χ3n) is 6.10. The molecule has 170 valence electrons. The monoisotopic (exact) mass is 457 g/mol. The van der Waals surface area contributed by atoms with E-state index in [-0.39, 0.29) is 22.3 Å². The third-order valence-corrected chi connectivity index (χ3v) is 6.10. The quantitative estimate of drug-likeness (QED) is 0.402. The van der Waals surface area contributed by atoms with Crippen LogP contribution in [0, 0.1) is 5.82 Å². The summed E-state index contributed by atoms with van der Waals surface area (Å²) in [5.41, 5.74) is 2.42. The van der Waals surface area contributed by atoms with E-state index >= 15 is 0 Å². The number of esters is 1. The second-order valence-corrected chi connectivity index (χ2v) is 8.03. The van der Waals surface area contributed by atoms with Gasteiger partial charge in [-0.25, -0.2) is 9.18 Å². The van der Waals surface area contributed by atoms with Crippen LogP contribution >= 0.6 is 0 Å². The second-order valence-electron chi connectivity index (χ2n) is 8.03. The zero-order valence-electron chi connectivity index (χ0n) is 18.5. The standard InChI is InChI=1S/C27H20FNO5/c1-3-15-4-11-19(12-5-15)29-23(16-6-8-17(9-7-16)27(32)33-2)22-24(30)20-14-18(28)10-13-21(20)34-25(22)26(29)31/h4-14,23H,3H2,1-2H3. The molecule has 2 heterocycles. The molecule has 0 saturated carbocycles. The smallest absolute Gasteiger partial charge is 0.337 e. The number of rotatable bonds is 4. The molecule has 1 aliphatic heterocycles. The Bertz CT molecular complexity index is 1490. The number of carbonyl (C=O) groups is 2. The van der Waals surface area contributed by atoms with E-state index in [1.54, 1.807) is 24.3 Å². The molecule has 1 amide bonds. The summed E-state index contributed by atoms with van der Waals surface area (Å²) in [5.74, 6) is -1.62. The van der Waals surface area contributed by atoms with Crippen LogP contribution in [0.25, 0.3) is 11.0 Å². The Morgan fingerprint density at radius 3 is 2.38 bits per heavy atom. The molecule has 1 aliphatic rings. The molecule has 0 saturated heterocycles. The van der Waals surface area contributed by atoms with Gasteiger partial charge in [0.15, 0.2) is 5.43 Å². The van der Waals surface area contributed by atoms with Gasteiger partial charge >= 0.3 is 5.97 Å². The summed E-state index contributed by atoms with van der Waals surface area (Å²) in [5, 5.41) is 0.0610. The lowest BCUT2D eigenvalue weighted by Crippen LogP contribution is -2.29. The number of fused-ring (bicyclic) bond motifs is 2. The molecule has 0 spiro atoms. The van der Waals surface area contributed by atoms with Crippen LogP contribution < -0.4 is 10.3 Å². The molecule has 0 N–H and O–H groups in total. The van der Waals surface area contributed by atoms with Gasteiger partial charge in [-0.1, -0.05) is 31.2 Å². The minimum atomic E-state index is -0.814. The Balaban J connectivity index is 1.74. The molecule has 34 heavy (non-hydrogen) atoms. The fraction of sp³-hybridized carbons (Fsp3) is 0.148. The van der Waals surface area contributed by atoms with Gasteiger partial charge in [0.25, 0.3) is 5.91 Å². The molecule has 3 aromatic carbocycles. The van der Waals surface area contributed by atoms with Gasteiger partial charge in [0, 0.05) is 5.69 Å². The van der Waals surface area contributed by atoms with E-state index in [0.717, 1.165) is 18.1 Å². The van der Waals surface area contributed by atoms with Crippen molar-refractivity contribution in [2.45, 2.75) is 19.4 Å². The number of anilines is 1. The van der Waals surface area contributed by atoms with Gasteiger partial charge in [-0.05, 0) is 60.0 Å². The van der Waals surface area contributed by atoms with Gasteiger partial charge in [0.1, 0.15) is 11.4 Å². The lowest BCUT2D eigenvalue weighted by atomic mass is 9.97. The van der Waals surface area contributed by atoms with Crippen molar-refractivity contribution >= 4 is 28.5 Å². The number of benzene rings is 3. The highest BCUT2D eigenvalue weighted by Gasteiger charge is 2.43. The average Bonchev–Trinajstić information content (AvgIpc) is 3.16. The summed E-state index contributed by atoms with van der Waals surface area (Å²) in [6, 6.07) is 16.8. The molecule has 6 nitrogen and oxygen atoms in total. The fourth-order valence-electron chi connectivity index (χ4n) is 4.34. The molecule has 0 fully saturated rings. The Kier molecular flexibility index (Phi) is 5.24. The second kappa shape index (κ2) is 8.26. The largest absolute Gasteiger partial charge is 0.465 e. The van der Waals surface area contributed by atoms with Gasteiger partial charge in [0.05, 0.1) is 29.7 Å². The maximum absolute atomic E-state index is 13.9. The van der Waals surface area contributed by atoms with Crippen molar-refractivity contribution in [3.63, 3.8) is 0 Å². The number of methoxy groups -OCH3 is 1. The van der Waals surface area contributed by atoms with Gasteiger partial charge < -0.3 is 9.15 Å². The molecule has 7 heteroatoms. The van der Waals surface area contributed by atoms with Crippen LogP contribution in [0.1, 0.15) is 50.6 Å². The topological polar surface area (TPSA) is 76.8 Å². The van der Waals surface area contributed by atoms with Crippen molar-refractivity contribution in [2.75, 3.05) is 12.0 Å². The molecular weight excluding hydrogens is 437 g/mol. The number of aryl methyl sites for hydroxylation is 1. The average molecular weight is 457 g/mol. The summed E-state index contributed by atoms with van der Waals surface area (Å²) in [4.78, 5) is 40.5. The lowest BCUT2D eigenvalue weighted by molar-refractivity contribution is 0.0600. The first-order valence-corrected chi connectivity index (χ1v) is 10.8. The fourth-order valence-corrected chi connectivity index (χ4v) is 4.34. The molecule has 0 radical (unpaired) electrons. The predicted molar refractivity (Wildman–Crippen MR) is 125 cm³/mol. The van der Waals surface area contributed by atoms with Crippen molar-refractivity contribution < 1.29 is 23.1 Å². The molecule has 5 rings (SSSR count). The maximum Gasteiger partial charge on any atom is 0.337 e. The molecule has 1 unspecified atom stereocenters. The van der Waals surface area contributed by atoms with Crippen LogP contribution in [0.5, 0.6) is 0 Å². The molecular formula is C27H20FNO5. The van der Waals surface area contributed by atoms with Crippen molar-refractivity contribution in [1.29, 1.82) is 0 Å². The summed E-state index contributed by atoms with van der Waals surface area (Å²) >= 11 is 0. The summed E-state index contributed by atoms with van der Waals surface area (Å²) in [7, 11) is 1.29. The third kappa shape index (κ3) is 3.37. The zero-order valence-corrected chi connectivity index (χ0v) is 18.5. The molecule has 1 atom stereocenters. The first kappa shape index (κ1) is 21.6. The van der Waals surface area contributed by atoms with E-state index in [1.165, 1.54) is 24.1 Å². The maximum atomic E-state index is 13.9. The van der Waals surface area contributed by atoms with Crippen LogP contribution in [0.2, 0.25) is 0 Å². The SMILES string of the molecule is CCc1ccc(N2C(=O)c3oc4ccc(F)cc4c(=O)c3C2c2ccc(C(=O)OC)cc2)cc1. The van der Waals surface area contributed by atoms with E-state index in [2.05, 4.69) is 0 Å². The minimum Gasteiger partial charge on any atom is -0.465 e. The number of ether oxygens (including phenoxy) is 1. The Morgan fingerprint density at radius 1 is 1.03 bits per heavy atom. The Labute approximate surface area is 194 Å². The highest BCUT2D eigenvalue weighted by molar-refractivity contribution is 6.10. The van der Waals surface area contributed by atoms with Crippen molar-refractivity contribution in [2.24, 2.45) is 0 Å². The number of nitrogens with zero attached hydrogens (tertiary/aromatic N) is 1. The summed E-state index contributed by atoms with van der Waals surface area (Å²) in [6.07, 6.45) is 0.837. The summed E-state index contributed by atoms with van der Waals surface area (Å²) < 4.78 is 24.5. The van der Waals surface area contributed by atoms with E-state index in [1.807, 2.05) is 31.2 Å². The zero-order chi connectivity index (χ0) is 24.0. The minimum absolute atomic E-state index is 0.0610. The van der Waals surface area contributed by atoms with Crippen LogP contribution in [-0.4, -0.2) is 19.0 Å². The van der Waals surface area contributed by atoms with Gasteiger partial charge in [-0.2, -0.15) is 0 Å². The molecule has 4 aromatic rings. The van der Waals surface area contributed by atoms with Gasteiger partial charge in [-0.15, -0.1) is 0 Å². The van der Waals surface area contributed by atoms with E-state index in [9.17, 15) is 18.8 Å². The number of halogens is 1. The van der Waals surface area contributed by atoms with E-state index in [4.69, 9.17) is 9.15 Å². The first-order chi connectivity index (χ1) is 16.4. The van der Waals surface area contributed by atoms with Crippen molar-refractivity contribution in [1.82, 2.24) is 0 Å².